The molecule has 0 saturated heterocycles. The maximum atomic E-state index is 14.0. The fourth-order valence-electron chi connectivity index (χ4n) is 6.59. The molecule has 0 fully saturated rings. The zero-order valence-corrected chi connectivity index (χ0v) is 29.4. The smallest absolute Gasteiger partial charge is 0.243 e. The molecular weight excluding hydrogens is 624 g/mol. The number of hydrogen-bond acceptors (Lipinski definition) is 9. The van der Waals surface area contributed by atoms with Crippen molar-refractivity contribution in [1.29, 1.82) is 0 Å². The standard InChI is InChI=1S/C37H46N6O6/c1-20(2)17-28(36-42-41-31-11-9-10-16-43(31)36)40-37(46)33(21(3)4)39-27-15-13-24-25(19-29(27)45)26(38-22(5)44)14-12-23-18-30(47-6)34(48-7)35(49-8)32(23)24/h9-11,13,15-16,18-21,26,28,33H,12,14,17H2,1-8H3,(H,38,44)(H,39,45)(H,40,46). The van der Waals surface area contributed by atoms with Crippen molar-refractivity contribution in [3.05, 3.63) is 75.8 Å². The Balaban J connectivity index is 1.57. The Labute approximate surface area is 286 Å². The summed E-state index contributed by atoms with van der Waals surface area (Å²) in [7, 11) is 4.67. The van der Waals surface area contributed by atoms with Gasteiger partial charge in [0.2, 0.25) is 23.0 Å². The van der Waals surface area contributed by atoms with Gasteiger partial charge in [-0.05, 0) is 78.1 Å². The molecule has 1 aliphatic carbocycles. The zero-order chi connectivity index (χ0) is 35.4. The van der Waals surface area contributed by atoms with E-state index in [-0.39, 0.29) is 34.8 Å². The second-order valence-electron chi connectivity index (χ2n) is 13.1. The Morgan fingerprint density at radius 3 is 2.39 bits per heavy atom. The van der Waals surface area contributed by atoms with Crippen molar-refractivity contribution >= 4 is 23.1 Å². The lowest BCUT2D eigenvalue weighted by Crippen LogP contribution is -2.45. The summed E-state index contributed by atoms with van der Waals surface area (Å²) < 4.78 is 19.1. The van der Waals surface area contributed by atoms with Gasteiger partial charge in [0.05, 0.1) is 39.1 Å². The molecule has 5 rings (SSSR count). The van der Waals surface area contributed by atoms with Crippen molar-refractivity contribution in [2.24, 2.45) is 11.8 Å². The number of aromatic nitrogens is 3. The van der Waals surface area contributed by atoms with E-state index >= 15 is 0 Å². The van der Waals surface area contributed by atoms with Crippen LogP contribution in [0.1, 0.15) is 76.5 Å². The van der Waals surface area contributed by atoms with Crippen LogP contribution in [0.15, 0.2) is 53.5 Å². The second kappa shape index (κ2) is 15.0. The summed E-state index contributed by atoms with van der Waals surface area (Å²) in [5.74, 6) is 1.66. The first kappa shape index (κ1) is 35.2. The van der Waals surface area contributed by atoms with Gasteiger partial charge in [0, 0.05) is 18.7 Å². The van der Waals surface area contributed by atoms with Crippen molar-refractivity contribution in [1.82, 2.24) is 25.2 Å². The molecular formula is C37H46N6O6. The van der Waals surface area contributed by atoms with E-state index in [1.54, 1.807) is 33.5 Å². The monoisotopic (exact) mass is 670 g/mol. The maximum Gasteiger partial charge on any atom is 0.243 e. The van der Waals surface area contributed by atoms with Crippen LogP contribution in [0, 0.1) is 11.8 Å². The number of carbonyl (C=O) groups is 2. The maximum absolute atomic E-state index is 14.0. The first-order chi connectivity index (χ1) is 23.5. The van der Waals surface area contributed by atoms with Gasteiger partial charge in [-0.15, -0.1) is 10.2 Å². The molecule has 4 aromatic rings. The first-order valence-electron chi connectivity index (χ1n) is 16.6. The SMILES string of the molecule is COc1cc2c(c(OC)c1OC)-c1ccc(NC(C(=O)NC(CC(C)C)c3nnc4ccccn34)C(C)C)c(=O)cc1C(NC(C)=O)CC2. The number of benzene rings is 1. The predicted octanol–water partition coefficient (Wildman–Crippen LogP) is 5.25. The third-order valence-corrected chi connectivity index (χ3v) is 8.85. The van der Waals surface area contributed by atoms with E-state index < -0.39 is 18.1 Å². The molecule has 49 heavy (non-hydrogen) atoms. The van der Waals surface area contributed by atoms with E-state index in [1.807, 2.05) is 54.8 Å². The fraction of sp³-hybridized carbons (Fsp3) is 0.432. The molecule has 0 aliphatic heterocycles. The van der Waals surface area contributed by atoms with Crippen molar-refractivity contribution < 1.29 is 23.8 Å². The molecule has 0 spiro atoms. The molecule has 3 N–H and O–H groups in total. The Kier molecular flexibility index (Phi) is 10.7. The minimum atomic E-state index is -0.749. The van der Waals surface area contributed by atoms with Gasteiger partial charge in [-0.25, -0.2) is 0 Å². The molecule has 3 unspecified atom stereocenters. The van der Waals surface area contributed by atoms with E-state index in [4.69, 9.17) is 14.2 Å². The van der Waals surface area contributed by atoms with E-state index in [9.17, 15) is 14.4 Å². The number of amides is 2. The predicted molar refractivity (Wildman–Crippen MR) is 188 cm³/mol. The summed E-state index contributed by atoms with van der Waals surface area (Å²) in [5.41, 5.74) is 3.64. The van der Waals surface area contributed by atoms with Gasteiger partial charge in [0.15, 0.2) is 23.0 Å². The summed E-state index contributed by atoms with van der Waals surface area (Å²) in [5, 5.41) is 18.2. The normalized spacial score (nSPS) is 15.1. The highest BCUT2D eigenvalue weighted by molar-refractivity contribution is 5.86. The van der Waals surface area contributed by atoms with Crippen LogP contribution < -0.4 is 35.6 Å². The van der Waals surface area contributed by atoms with E-state index in [0.717, 1.165) is 11.1 Å². The molecule has 0 saturated carbocycles. The molecule has 260 valence electrons. The third kappa shape index (κ3) is 7.33. The van der Waals surface area contributed by atoms with Gasteiger partial charge < -0.3 is 30.2 Å². The van der Waals surface area contributed by atoms with Gasteiger partial charge in [0.25, 0.3) is 0 Å². The molecule has 12 nitrogen and oxygen atoms in total. The fourth-order valence-corrected chi connectivity index (χ4v) is 6.59. The lowest BCUT2D eigenvalue weighted by Gasteiger charge is -2.26. The van der Waals surface area contributed by atoms with E-state index in [2.05, 4.69) is 40.0 Å². The number of aryl methyl sites for hydroxylation is 1. The van der Waals surface area contributed by atoms with Crippen LogP contribution in [0.3, 0.4) is 0 Å². The number of methoxy groups -OCH3 is 3. The number of anilines is 1. The topological polar surface area (TPSA) is 145 Å². The Morgan fingerprint density at radius 1 is 0.980 bits per heavy atom. The molecule has 2 aromatic heterocycles. The molecule has 2 aromatic carbocycles. The molecule has 12 heteroatoms. The van der Waals surface area contributed by atoms with Crippen LogP contribution in [0.2, 0.25) is 0 Å². The Hall–Kier alpha value is -5.13. The third-order valence-electron chi connectivity index (χ3n) is 8.85. The number of hydrogen-bond donors (Lipinski definition) is 3. The van der Waals surface area contributed by atoms with Crippen molar-refractivity contribution in [3.63, 3.8) is 0 Å². The summed E-state index contributed by atoms with van der Waals surface area (Å²) >= 11 is 0. The van der Waals surface area contributed by atoms with Gasteiger partial charge >= 0.3 is 0 Å². The first-order valence-corrected chi connectivity index (χ1v) is 16.6. The molecule has 1 aliphatic rings. The van der Waals surface area contributed by atoms with Gasteiger partial charge in [-0.2, -0.15) is 0 Å². The minimum absolute atomic E-state index is 0.178. The quantitative estimate of drug-likeness (QED) is 0.184. The lowest BCUT2D eigenvalue weighted by molar-refractivity contribution is -0.123. The van der Waals surface area contributed by atoms with E-state index in [0.29, 0.717) is 59.1 Å². The Bertz CT molecular complexity index is 1900. The number of carbonyl (C=O) groups excluding carboxylic acids is 2. The molecule has 3 atom stereocenters. The number of nitrogens with one attached hydrogen (secondary N) is 3. The number of rotatable bonds is 12. The van der Waals surface area contributed by atoms with Gasteiger partial charge in [-0.1, -0.05) is 39.8 Å². The number of fused-ring (bicyclic) bond motifs is 4. The number of ether oxygens (including phenoxy) is 3. The van der Waals surface area contributed by atoms with E-state index in [1.165, 1.54) is 6.92 Å². The summed E-state index contributed by atoms with van der Waals surface area (Å²) in [6.45, 7) is 9.49. The molecule has 0 radical (unpaired) electrons. The lowest BCUT2D eigenvalue weighted by atomic mass is 9.95. The van der Waals surface area contributed by atoms with Crippen molar-refractivity contribution in [2.75, 3.05) is 26.6 Å². The average Bonchev–Trinajstić information content (AvgIpc) is 3.36. The summed E-state index contributed by atoms with van der Waals surface area (Å²) in [6.07, 6.45) is 3.65. The van der Waals surface area contributed by atoms with Crippen LogP contribution in [0.4, 0.5) is 5.69 Å². The van der Waals surface area contributed by atoms with Gasteiger partial charge in [0.1, 0.15) is 6.04 Å². The van der Waals surface area contributed by atoms with Crippen LogP contribution >= 0.6 is 0 Å². The highest BCUT2D eigenvalue weighted by Crippen LogP contribution is 2.50. The van der Waals surface area contributed by atoms with Crippen LogP contribution in [0.5, 0.6) is 17.2 Å². The number of pyridine rings is 1. The van der Waals surface area contributed by atoms with Crippen LogP contribution in [-0.2, 0) is 16.0 Å². The van der Waals surface area contributed by atoms with Crippen LogP contribution in [0.25, 0.3) is 16.8 Å². The summed E-state index contributed by atoms with van der Waals surface area (Å²) in [4.78, 5) is 40.4. The molecule has 0 bridgehead atoms. The highest BCUT2D eigenvalue weighted by atomic mass is 16.5. The van der Waals surface area contributed by atoms with Crippen molar-refractivity contribution in [2.45, 2.75) is 72.0 Å². The molecule has 2 heterocycles. The highest BCUT2D eigenvalue weighted by Gasteiger charge is 2.31. The molecule has 2 amide bonds. The summed E-state index contributed by atoms with van der Waals surface area (Å²) in [6, 6.07) is 11.0. The Morgan fingerprint density at radius 2 is 1.73 bits per heavy atom. The average molecular weight is 671 g/mol. The minimum Gasteiger partial charge on any atom is -0.493 e. The van der Waals surface area contributed by atoms with Crippen molar-refractivity contribution in [3.8, 4) is 28.4 Å². The number of nitrogens with zero attached hydrogens (tertiary/aromatic N) is 3. The van der Waals surface area contributed by atoms with Crippen LogP contribution in [-0.4, -0.2) is 53.8 Å². The van der Waals surface area contributed by atoms with Gasteiger partial charge in [-0.3, -0.25) is 18.8 Å². The second-order valence-corrected chi connectivity index (χ2v) is 13.1. The zero-order valence-electron chi connectivity index (χ0n) is 29.4. The largest absolute Gasteiger partial charge is 0.493 e.